The van der Waals surface area contributed by atoms with Crippen LogP contribution in [0.15, 0.2) is 22.7 Å². The van der Waals surface area contributed by atoms with Crippen LogP contribution in [0.1, 0.15) is 13.3 Å². The molecular weight excluding hydrogens is 287 g/mol. The third-order valence-corrected chi connectivity index (χ3v) is 3.35. The van der Waals surface area contributed by atoms with Crippen LogP contribution in [-0.2, 0) is 4.79 Å². The van der Waals surface area contributed by atoms with E-state index >= 15 is 0 Å². The molecule has 1 amide bonds. The number of halogens is 2. The number of nitrogens with zero attached hydrogens (tertiary/aromatic N) is 1. The third-order valence-electron chi connectivity index (χ3n) is 2.86. The fourth-order valence-electron chi connectivity index (χ4n) is 2.05. The van der Waals surface area contributed by atoms with Crippen LogP contribution in [0.2, 0.25) is 0 Å². The van der Waals surface area contributed by atoms with E-state index in [1.807, 2.05) is 6.92 Å². The number of benzene rings is 1. The van der Waals surface area contributed by atoms with Gasteiger partial charge in [0.15, 0.2) is 0 Å². The van der Waals surface area contributed by atoms with E-state index in [1.165, 1.54) is 11.0 Å². The van der Waals surface area contributed by atoms with Crippen molar-refractivity contribution in [1.29, 1.82) is 0 Å². The highest BCUT2D eigenvalue weighted by Crippen LogP contribution is 2.27. The molecule has 1 saturated heterocycles. The van der Waals surface area contributed by atoms with Crippen molar-refractivity contribution < 1.29 is 9.18 Å². The Kier molecular flexibility index (Phi) is 3.79. The minimum atomic E-state index is -0.362. The summed E-state index contributed by atoms with van der Waals surface area (Å²) in [6.07, 6.45) is 0.721. The van der Waals surface area contributed by atoms with Gasteiger partial charge in [0.1, 0.15) is 5.82 Å². The summed E-state index contributed by atoms with van der Waals surface area (Å²) in [4.78, 5) is 13.5. The van der Waals surface area contributed by atoms with Crippen molar-refractivity contribution in [3.05, 3.63) is 28.5 Å². The smallest absolute Gasteiger partial charge is 0.244 e. The van der Waals surface area contributed by atoms with Crippen molar-refractivity contribution in [1.82, 2.24) is 5.32 Å². The molecule has 0 aromatic heterocycles. The van der Waals surface area contributed by atoms with E-state index in [4.69, 9.17) is 0 Å². The predicted molar refractivity (Wildman–Crippen MR) is 68.5 cm³/mol. The van der Waals surface area contributed by atoms with Gasteiger partial charge in [-0.1, -0.05) is 22.9 Å². The molecule has 92 valence electrons. The average molecular weight is 301 g/mol. The summed E-state index contributed by atoms with van der Waals surface area (Å²) in [5.74, 6) is -0.414. The summed E-state index contributed by atoms with van der Waals surface area (Å²) in [5.41, 5.74) is 0.352. The van der Waals surface area contributed by atoms with E-state index in [2.05, 4.69) is 21.2 Å². The zero-order valence-electron chi connectivity index (χ0n) is 9.54. The first-order chi connectivity index (χ1) is 8.13. The Morgan fingerprint density at radius 2 is 2.35 bits per heavy atom. The Morgan fingerprint density at radius 3 is 3.06 bits per heavy atom. The largest absolute Gasteiger partial charge is 0.308 e. The van der Waals surface area contributed by atoms with Gasteiger partial charge in [0.2, 0.25) is 5.91 Å². The van der Waals surface area contributed by atoms with Gasteiger partial charge in [-0.3, -0.25) is 4.79 Å². The van der Waals surface area contributed by atoms with Crippen LogP contribution in [0.25, 0.3) is 0 Å². The molecule has 1 N–H and O–H groups in total. The first-order valence-electron chi connectivity index (χ1n) is 5.63. The van der Waals surface area contributed by atoms with E-state index in [0.29, 0.717) is 12.2 Å². The number of hydrogen-bond acceptors (Lipinski definition) is 2. The number of nitrogens with one attached hydrogen (secondary N) is 1. The number of likely N-dealkylation sites (N-methyl/N-ethyl adjacent to an activating group) is 1. The van der Waals surface area contributed by atoms with Crippen LogP contribution in [-0.4, -0.2) is 25.0 Å². The Hall–Kier alpha value is -0.940. The lowest BCUT2D eigenvalue weighted by molar-refractivity contribution is -0.118. The number of carbonyl (C=O) groups excluding carboxylic acids is 1. The average Bonchev–Trinajstić information content (AvgIpc) is 2.65. The molecule has 1 heterocycles. The minimum Gasteiger partial charge on any atom is -0.308 e. The molecule has 0 aliphatic carbocycles. The molecule has 1 aromatic carbocycles. The number of carbonyl (C=O) groups is 1. The lowest BCUT2D eigenvalue weighted by Gasteiger charge is -2.18. The van der Waals surface area contributed by atoms with Gasteiger partial charge in [-0.15, -0.1) is 0 Å². The summed E-state index contributed by atoms with van der Waals surface area (Å²) in [6, 6.07) is 4.45. The van der Waals surface area contributed by atoms with Crippen LogP contribution in [0.3, 0.4) is 0 Å². The molecular formula is C12H14BrFN2O. The van der Waals surface area contributed by atoms with E-state index < -0.39 is 0 Å². The molecule has 0 saturated carbocycles. The second-order valence-corrected chi connectivity index (χ2v) is 4.90. The fraction of sp³-hybridized carbons (Fsp3) is 0.417. The lowest BCUT2D eigenvalue weighted by Crippen LogP contribution is -2.38. The summed E-state index contributed by atoms with van der Waals surface area (Å²) < 4.78 is 14.4. The molecule has 0 bridgehead atoms. The van der Waals surface area contributed by atoms with E-state index in [-0.39, 0.29) is 17.8 Å². The van der Waals surface area contributed by atoms with Gasteiger partial charge in [-0.25, -0.2) is 4.39 Å². The van der Waals surface area contributed by atoms with Gasteiger partial charge in [0, 0.05) is 11.0 Å². The number of amides is 1. The molecule has 1 aliphatic rings. The standard InChI is InChI=1S/C12H14BrFN2O/c1-2-15-10-5-6-16(12(10)17)11-7-8(13)3-4-9(11)14/h3-4,7,10,15H,2,5-6H2,1H3. The Bertz CT molecular complexity index is 439. The number of rotatable bonds is 3. The highest BCUT2D eigenvalue weighted by molar-refractivity contribution is 9.10. The normalized spacial score (nSPS) is 20.1. The molecule has 2 rings (SSSR count). The summed E-state index contributed by atoms with van der Waals surface area (Å²) in [6.45, 7) is 3.25. The summed E-state index contributed by atoms with van der Waals surface area (Å²) in [5, 5.41) is 3.10. The van der Waals surface area contributed by atoms with Crippen LogP contribution in [0, 0.1) is 5.82 Å². The van der Waals surface area contributed by atoms with E-state index in [1.54, 1.807) is 12.1 Å². The predicted octanol–water partition coefficient (Wildman–Crippen LogP) is 2.30. The first-order valence-corrected chi connectivity index (χ1v) is 6.42. The van der Waals surface area contributed by atoms with Crippen LogP contribution in [0.5, 0.6) is 0 Å². The lowest BCUT2D eigenvalue weighted by atomic mass is 10.2. The van der Waals surface area contributed by atoms with Gasteiger partial charge < -0.3 is 10.2 Å². The van der Waals surface area contributed by atoms with Gasteiger partial charge in [-0.05, 0) is 31.2 Å². The summed E-state index contributed by atoms with van der Waals surface area (Å²) >= 11 is 3.29. The van der Waals surface area contributed by atoms with Crippen LogP contribution >= 0.6 is 15.9 Å². The molecule has 1 aliphatic heterocycles. The molecule has 0 radical (unpaired) electrons. The van der Waals surface area contributed by atoms with Crippen molar-refractivity contribution >= 4 is 27.5 Å². The second-order valence-electron chi connectivity index (χ2n) is 3.98. The Labute approximate surface area is 108 Å². The molecule has 1 fully saturated rings. The highest BCUT2D eigenvalue weighted by Gasteiger charge is 2.33. The van der Waals surface area contributed by atoms with Crippen molar-refractivity contribution in [3.8, 4) is 0 Å². The van der Waals surface area contributed by atoms with Gasteiger partial charge in [0.05, 0.1) is 11.7 Å². The molecule has 17 heavy (non-hydrogen) atoms. The molecule has 1 unspecified atom stereocenters. The molecule has 3 nitrogen and oxygen atoms in total. The van der Waals surface area contributed by atoms with Gasteiger partial charge in [-0.2, -0.15) is 0 Å². The molecule has 5 heteroatoms. The second kappa shape index (κ2) is 5.14. The van der Waals surface area contributed by atoms with E-state index in [9.17, 15) is 9.18 Å². The fourth-order valence-corrected chi connectivity index (χ4v) is 2.40. The van der Waals surface area contributed by atoms with Gasteiger partial charge in [0.25, 0.3) is 0 Å². The van der Waals surface area contributed by atoms with Crippen molar-refractivity contribution in [3.63, 3.8) is 0 Å². The molecule has 0 spiro atoms. The Balaban J connectivity index is 2.24. The van der Waals surface area contributed by atoms with Crippen molar-refractivity contribution in [2.45, 2.75) is 19.4 Å². The highest BCUT2D eigenvalue weighted by atomic mass is 79.9. The Morgan fingerprint density at radius 1 is 1.59 bits per heavy atom. The summed E-state index contributed by atoms with van der Waals surface area (Å²) in [7, 11) is 0. The quantitative estimate of drug-likeness (QED) is 0.929. The number of anilines is 1. The molecule has 1 aromatic rings. The van der Waals surface area contributed by atoms with Crippen LogP contribution in [0.4, 0.5) is 10.1 Å². The zero-order chi connectivity index (χ0) is 12.4. The third kappa shape index (κ3) is 2.50. The van der Waals surface area contributed by atoms with Crippen LogP contribution < -0.4 is 10.2 Å². The zero-order valence-corrected chi connectivity index (χ0v) is 11.1. The van der Waals surface area contributed by atoms with Crippen molar-refractivity contribution in [2.75, 3.05) is 18.0 Å². The van der Waals surface area contributed by atoms with E-state index in [0.717, 1.165) is 17.4 Å². The maximum atomic E-state index is 13.7. The van der Waals surface area contributed by atoms with Gasteiger partial charge >= 0.3 is 0 Å². The molecule has 1 atom stereocenters. The van der Waals surface area contributed by atoms with Crippen molar-refractivity contribution in [2.24, 2.45) is 0 Å². The SMILES string of the molecule is CCNC1CCN(c2cc(Br)ccc2F)C1=O. The maximum Gasteiger partial charge on any atom is 0.244 e. The number of hydrogen-bond donors (Lipinski definition) is 1. The monoisotopic (exact) mass is 300 g/mol. The maximum absolute atomic E-state index is 13.7. The first kappa shape index (κ1) is 12.5. The minimum absolute atomic E-state index is 0.0520. The topological polar surface area (TPSA) is 32.3 Å².